The Labute approximate surface area is 290 Å². The van der Waals surface area contributed by atoms with Crippen LogP contribution in [-0.4, -0.2) is 197 Å². The smallest absolute Gasteiger partial charge is 0.475 e. The first kappa shape index (κ1) is 40.3. The van der Waals surface area contributed by atoms with Gasteiger partial charge in [0.25, 0.3) is 5.91 Å². The third-order valence-corrected chi connectivity index (χ3v) is 8.69. The molecule has 0 saturated carbocycles. The van der Waals surface area contributed by atoms with Crippen LogP contribution < -0.4 is 10.6 Å². The van der Waals surface area contributed by atoms with Gasteiger partial charge in [0.2, 0.25) is 11.8 Å². The molecule has 0 unspecified atom stereocenters. The molecular weight excluding hydrogens is 657 g/mol. The first-order valence-electron chi connectivity index (χ1n) is 16.6. The molecule has 1 aromatic carbocycles. The Morgan fingerprint density at radius 3 is 1.56 bits per heavy atom. The van der Waals surface area contributed by atoms with Crippen LogP contribution in [-0.2, 0) is 30.4 Å². The molecule has 2 fully saturated rings. The Bertz CT molecular complexity index is 1290. The number of aliphatic carboxylic acids is 3. The number of nitrogens with zero attached hydrogens (tertiary/aromatic N) is 5. The Kier molecular flexibility index (Phi) is 16.5. The molecule has 2 aliphatic heterocycles. The molecule has 1 atom stereocenters. The van der Waals surface area contributed by atoms with Gasteiger partial charge in [0.05, 0.1) is 38.7 Å². The van der Waals surface area contributed by atoms with Crippen molar-refractivity contribution >= 4 is 42.7 Å². The van der Waals surface area contributed by atoms with E-state index in [9.17, 15) is 54.1 Å². The predicted molar refractivity (Wildman–Crippen MR) is 179 cm³/mol. The van der Waals surface area contributed by atoms with Crippen LogP contribution in [0.2, 0.25) is 0 Å². The molecule has 18 nitrogen and oxygen atoms in total. The minimum atomic E-state index is -1.63. The largest absolute Gasteiger partial charge is 0.480 e. The number of carbonyl (C=O) groups excluding carboxylic acids is 3. The van der Waals surface area contributed by atoms with E-state index >= 15 is 0 Å². The lowest BCUT2D eigenvalue weighted by Gasteiger charge is -2.32. The number of nitrogens with one attached hydrogen (secondary N) is 2. The van der Waals surface area contributed by atoms with Gasteiger partial charge in [0.15, 0.2) is 0 Å². The van der Waals surface area contributed by atoms with Crippen LogP contribution in [0.1, 0.15) is 28.8 Å². The van der Waals surface area contributed by atoms with E-state index in [0.29, 0.717) is 64.1 Å². The normalized spacial score (nSPS) is 18.8. The van der Waals surface area contributed by atoms with E-state index in [1.807, 2.05) is 4.90 Å². The summed E-state index contributed by atoms with van der Waals surface area (Å²) in [5, 5.41) is 52.4. The molecular formula is C31H48BN7O11. The second kappa shape index (κ2) is 20.5. The zero-order chi connectivity index (χ0) is 36.6. The SMILES string of the molecule is O=C(O)CN1CCN(CC(=O)O)CCN(CC(=O)NCCc2ccc(C(=O)NCC(=O)N3CCC[C@H]3B(O)O)cc2)CCN(CC(=O)O)CC1. The molecule has 2 saturated heterocycles. The van der Waals surface area contributed by atoms with Gasteiger partial charge >= 0.3 is 25.0 Å². The van der Waals surface area contributed by atoms with Gasteiger partial charge in [0.1, 0.15) is 0 Å². The summed E-state index contributed by atoms with van der Waals surface area (Å²) in [6, 6.07) is 6.69. The highest BCUT2D eigenvalue weighted by molar-refractivity contribution is 6.43. The Hall–Kier alpha value is -4.14. The second-order valence-corrected chi connectivity index (χ2v) is 12.5. The molecule has 50 heavy (non-hydrogen) atoms. The maximum Gasteiger partial charge on any atom is 0.475 e. The highest BCUT2D eigenvalue weighted by Crippen LogP contribution is 2.18. The number of carboxylic acids is 3. The molecule has 7 N–H and O–H groups in total. The molecule has 2 aliphatic rings. The monoisotopic (exact) mass is 705 g/mol. The van der Waals surface area contributed by atoms with Crippen LogP contribution in [0.5, 0.6) is 0 Å². The van der Waals surface area contributed by atoms with E-state index in [1.54, 1.807) is 39.0 Å². The fourth-order valence-corrected chi connectivity index (χ4v) is 5.98. The molecule has 3 amide bonds. The van der Waals surface area contributed by atoms with Crippen LogP contribution in [0, 0.1) is 0 Å². The van der Waals surface area contributed by atoms with Gasteiger partial charge in [0, 0.05) is 71.0 Å². The lowest BCUT2D eigenvalue weighted by Crippen LogP contribution is -2.49. The average molecular weight is 706 g/mol. The number of benzene rings is 1. The molecule has 0 aromatic heterocycles. The molecule has 0 radical (unpaired) electrons. The van der Waals surface area contributed by atoms with Gasteiger partial charge in [-0.15, -0.1) is 0 Å². The van der Waals surface area contributed by atoms with Crippen molar-refractivity contribution in [1.82, 2.24) is 35.1 Å². The number of hydrogen-bond donors (Lipinski definition) is 7. The summed E-state index contributed by atoms with van der Waals surface area (Å²) in [5.41, 5.74) is 1.19. The van der Waals surface area contributed by atoms with Crippen molar-refractivity contribution in [2.45, 2.75) is 25.2 Å². The van der Waals surface area contributed by atoms with Crippen molar-refractivity contribution in [3.63, 3.8) is 0 Å². The zero-order valence-electron chi connectivity index (χ0n) is 28.1. The number of carboxylic acid groups (broad SMARTS) is 3. The lowest BCUT2D eigenvalue weighted by atomic mass is 9.78. The van der Waals surface area contributed by atoms with Gasteiger partial charge in [-0.25, -0.2) is 0 Å². The van der Waals surface area contributed by atoms with E-state index in [0.717, 1.165) is 5.56 Å². The number of amides is 3. The number of hydrogen-bond acceptors (Lipinski definition) is 12. The third-order valence-electron chi connectivity index (χ3n) is 8.69. The topological polar surface area (TPSA) is 244 Å². The molecule has 2 heterocycles. The van der Waals surface area contributed by atoms with Crippen LogP contribution in [0.4, 0.5) is 0 Å². The van der Waals surface area contributed by atoms with E-state index < -0.39 is 42.8 Å². The van der Waals surface area contributed by atoms with Gasteiger partial charge < -0.3 is 40.9 Å². The summed E-state index contributed by atoms with van der Waals surface area (Å²) in [6.07, 6.45) is 1.61. The zero-order valence-corrected chi connectivity index (χ0v) is 28.1. The van der Waals surface area contributed by atoms with Gasteiger partial charge in [-0.1, -0.05) is 12.1 Å². The number of carbonyl (C=O) groups is 6. The Morgan fingerprint density at radius 1 is 0.660 bits per heavy atom. The number of likely N-dealkylation sites (tertiary alicyclic amines) is 1. The molecule has 19 heteroatoms. The fourth-order valence-electron chi connectivity index (χ4n) is 5.98. The fraction of sp³-hybridized carbons (Fsp3) is 0.613. The minimum Gasteiger partial charge on any atom is -0.480 e. The summed E-state index contributed by atoms with van der Waals surface area (Å²) < 4.78 is 0. The van der Waals surface area contributed by atoms with Crippen molar-refractivity contribution in [3.05, 3.63) is 35.4 Å². The van der Waals surface area contributed by atoms with Crippen molar-refractivity contribution in [2.75, 3.05) is 98.2 Å². The molecule has 0 bridgehead atoms. The van der Waals surface area contributed by atoms with Crippen LogP contribution in [0.15, 0.2) is 24.3 Å². The van der Waals surface area contributed by atoms with Gasteiger partial charge in [-0.3, -0.25) is 48.4 Å². The minimum absolute atomic E-state index is 0.000230. The summed E-state index contributed by atoms with van der Waals surface area (Å²) in [5.74, 6) is -4.89. The highest BCUT2D eigenvalue weighted by atomic mass is 16.4. The summed E-state index contributed by atoms with van der Waals surface area (Å²) in [7, 11) is -1.63. The summed E-state index contributed by atoms with van der Waals surface area (Å²) >= 11 is 0. The molecule has 0 spiro atoms. The van der Waals surface area contributed by atoms with E-state index in [1.165, 1.54) is 4.90 Å². The molecule has 0 aliphatic carbocycles. The quantitative estimate of drug-likeness (QED) is 0.0878. The predicted octanol–water partition coefficient (Wildman–Crippen LogP) is -3.45. The van der Waals surface area contributed by atoms with Crippen molar-refractivity contribution in [2.24, 2.45) is 0 Å². The van der Waals surface area contributed by atoms with Crippen LogP contribution in [0.3, 0.4) is 0 Å². The summed E-state index contributed by atoms with van der Waals surface area (Å²) in [4.78, 5) is 80.5. The van der Waals surface area contributed by atoms with E-state index in [2.05, 4.69) is 10.6 Å². The number of rotatable bonds is 15. The maximum absolute atomic E-state index is 12.9. The van der Waals surface area contributed by atoms with E-state index in [4.69, 9.17) is 0 Å². The Morgan fingerprint density at radius 2 is 1.12 bits per heavy atom. The molecule has 3 rings (SSSR count). The van der Waals surface area contributed by atoms with E-state index in [-0.39, 0.29) is 64.8 Å². The van der Waals surface area contributed by atoms with Crippen molar-refractivity contribution < 1.29 is 54.1 Å². The lowest BCUT2D eigenvalue weighted by molar-refractivity contribution is -0.140. The Balaban J connectivity index is 1.50. The van der Waals surface area contributed by atoms with Crippen LogP contribution >= 0.6 is 0 Å². The third kappa shape index (κ3) is 14.4. The molecule has 276 valence electrons. The van der Waals surface area contributed by atoms with Crippen LogP contribution in [0.25, 0.3) is 0 Å². The first-order chi connectivity index (χ1) is 23.8. The molecule has 1 aromatic rings. The summed E-state index contributed by atoms with van der Waals surface area (Å²) in [6.45, 7) is 2.07. The van der Waals surface area contributed by atoms with Crippen molar-refractivity contribution in [1.29, 1.82) is 0 Å². The van der Waals surface area contributed by atoms with Gasteiger partial charge in [-0.2, -0.15) is 0 Å². The maximum atomic E-state index is 12.9. The standard InChI is InChI=1S/C31H48BN7O11/c40-26(33-8-7-23-3-5-24(6-4-23)31(48)34-18-27(41)39-9-1-2-25(39)32(49)50)19-35-10-12-36(20-28(42)43)14-16-38(22-30(46)47)17-15-37(13-11-35)21-29(44)45/h3-6,25,49-50H,1-2,7-22H2,(H,33,40)(H,34,48)(H,42,43)(H,44,45)(H,46,47)/t25-/m0/s1. The first-order valence-corrected chi connectivity index (χ1v) is 16.6. The second-order valence-electron chi connectivity index (χ2n) is 12.5. The van der Waals surface area contributed by atoms with Gasteiger partial charge in [-0.05, 0) is 37.0 Å². The highest BCUT2D eigenvalue weighted by Gasteiger charge is 2.36. The van der Waals surface area contributed by atoms with Crippen molar-refractivity contribution in [3.8, 4) is 0 Å². The average Bonchev–Trinajstić information content (AvgIpc) is 3.55.